The van der Waals surface area contributed by atoms with E-state index in [0.717, 1.165) is 0 Å². The molecule has 1 N–H and O–H groups in total. The topological polar surface area (TPSA) is 66.8 Å². The van der Waals surface area contributed by atoms with Gasteiger partial charge in [-0.3, -0.25) is 0 Å². The molecule has 5 nitrogen and oxygen atoms in total. The zero-order valence-corrected chi connectivity index (χ0v) is 6.37. The Balaban J connectivity index is 2.72. The van der Waals surface area contributed by atoms with Gasteiger partial charge < -0.3 is 9.84 Å². The van der Waals surface area contributed by atoms with Crippen molar-refractivity contribution in [1.29, 1.82) is 0 Å². The highest BCUT2D eigenvalue weighted by atomic mass is 79.9. The fourth-order valence-electron chi connectivity index (χ4n) is 0.596. The van der Waals surface area contributed by atoms with Gasteiger partial charge in [0.05, 0.1) is 0 Å². The molecule has 6 heteroatoms. The molecule has 1 aliphatic rings. The molecule has 1 atom stereocenters. The maximum Gasteiger partial charge on any atom is 0.420 e. The Morgan fingerprint density at radius 3 is 2.70 bits per heavy atom. The van der Waals surface area contributed by atoms with Gasteiger partial charge in [0.2, 0.25) is 0 Å². The minimum Gasteiger partial charge on any atom is -0.464 e. The van der Waals surface area contributed by atoms with Crippen LogP contribution in [0.25, 0.3) is 0 Å². The number of amides is 2. The Hall–Kier alpha value is -0.780. The van der Waals surface area contributed by atoms with Gasteiger partial charge in [-0.25, -0.2) is 9.59 Å². The number of nitrogens with zero attached hydrogens (tertiary/aromatic N) is 1. The number of alkyl halides is 1. The zero-order valence-electron chi connectivity index (χ0n) is 4.78. The van der Waals surface area contributed by atoms with Crippen LogP contribution in [0.4, 0.5) is 9.59 Å². The number of carboxylic acid groups (broad SMARTS) is 1. The van der Waals surface area contributed by atoms with E-state index in [1.807, 2.05) is 0 Å². The molecular weight excluding hydrogens is 206 g/mol. The third kappa shape index (κ3) is 1.06. The van der Waals surface area contributed by atoms with Gasteiger partial charge >= 0.3 is 12.2 Å². The molecule has 1 fully saturated rings. The third-order valence-electron chi connectivity index (χ3n) is 1.03. The fraction of sp³-hybridized carbons (Fsp3) is 0.500. The van der Waals surface area contributed by atoms with Crippen LogP contribution in [-0.4, -0.2) is 33.8 Å². The maximum atomic E-state index is 10.5. The van der Waals surface area contributed by atoms with Gasteiger partial charge in [-0.15, -0.1) is 0 Å². The van der Waals surface area contributed by atoms with Crippen molar-refractivity contribution in [2.24, 2.45) is 0 Å². The van der Waals surface area contributed by atoms with Gasteiger partial charge in [0.15, 0.2) is 0 Å². The second-order valence-electron chi connectivity index (χ2n) is 1.66. The SMILES string of the molecule is O=C(O)N1C(=O)OCC1Br. The standard InChI is InChI=1S/C4H4BrNO4/c5-2-1-10-4(9)6(2)3(7)8/h2H,1H2,(H,7,8). The van der Waals surface area contributed by atoms with E-state index in [1.54, 1.807) is 0 Å². The van der Waals surface area contributed by atoms with Crippen molar-refractivity contribution in [3.63, 3.8) is 0 Å². The Labute approximate surface area is 64.7 Å². The van der Waals surface area contributed by atoms with Crippen LogP contribution in [0.3, 0.4) is 0 Å². The third-order valence-corrected chi connectivity index (χ3v) is 1.70. The summed E-state index contributed by atoms with van der Waals surface area (Å²) in [6, 6.07) is 0. The second-order valence-corrected chi connectivity index (χ2v) is 2.72. The second kappa shape index (κ2) is 2.45. The molecule has 1 rings (SSSR count). The van der Waals surface area contributed by atoms with Crippen molar-refractivity contribution in [2.75, 3.05) is 6.61 Å². The highest BCUT2D eigenvalue weighted by molar-refractivity contribution is 9.09. The highest BCUT2D eigenvalue weighted by Gasteiger charge is 2.36. The zero-order chi connectivity index (χ0) is 7.72. The maximum absolute atomic E-state index is 10.5. The minimum atomic E-state index is -1.30. The van der Waals surface area contributed by atoms with E-state index in [0.29, 0.717) is 4.90 Å². The number of carbonyl (C=O) groups is 2. The van der Waals surface area contributed by atoms with Crippen LogP contribution in [0.5, 0.6) is 0 Å². The number of hydrogen-bond acceptors (Lipinski definition) is 3. The number of ether oxygens (including phenoxy) is 1. The van der Waals surface area contributed by atoms with Gasteiger partial charge in [-0.2, -0.15) is 4.90 Å². The van der Waals surface area contributed by atoms with Crippen molar-refractivity contribution in [3.8, 4) is 0 Å². The summed E-state index contributed by atoms with van der Waals surface area (Å²) in [5.41, 5.74) is 0. The molecule has 1 heterocycles. The minimum absolute atomic E-state index is 0.0745. The van der Waals surface area contributed by atoms with Crippen LogP contribution in [0, 0.1) is 0 Å². The molecule has 0 spiro atoms. The monoisotopic (exact) mass is 209 g/mol. The Morgan fingerprint density at radius 2 is 2.50 bits per heavy atom. The average Bonchev–Trinajstić information content (AvgIpc) is 2.11. The van der Waals surface area contributed by atoms with E-state index in [-0.39, 0.29) is 6.61 Å². The number of cyclic esters (lactones) is 1. The first-order valence-corrected chi connectivity index (χ1v) is 3.37. The first-order valence-electron chi connectivity index (χ1n) is 2.46. The molecular formula is C4H4BrNO4. The number of carbonyl (C=O) groups excluding carboxylic acids is 1. The quantitative estimate of drug-likeness (QED) is 0.475. The summed E-state index contributed by atoms with van der Waals surface area (Å²) in [5, 5.41) is 8.35. The Kier molecular flexibility index (Phi) is 1.80. The lowest BCUT2D eigenvalue weighted by Crippen LogP contribution is -2.34. The molecule has 2 amide bonds. The number of halogens is 1. The van der Waals surface area contributed by atoms with Crippen molar-refractivity contribution < 1.29 is 19.4 Å². The van der Waals surface area contributed by atoms with Crippen molar-refractivity contribution in [1.82, 2.24) is 4.90 Å². The van der Waals surface area contributed by atoms with Crippen LogP contribution in [-0.2, 0) is 4.74 Å². The van der Waals surface area contributed by atoms with E-state index >= 15 is 0 Å². The smallest absolute Gasteiger partial charge is 0.420 e. The number of imide groups is 1. The molecule has 0 aromatic carbocycles. The van der Waals surface area contributed by atoms with Crippen LogP contribution < -0.4 is 0 Å². The molecule has 0 radical (unpaired) electrons. The van der Waals surface area contributed by atoms with E-state index < -0.39 is 17.1 Å². The van der Waals surface area contributed by atoms with Crippen molar-refractivity contribution >= 4 is 28.1 Å². The number of hydrogen-bond donors (Lipinski definition) is 1. The summed E-state index contributed by atoms with van der Waals surface area (Å²) in [6.07, 6.45) is -2.13. The number of rotatable bonds is 0. The predicted molar refractivity (Wildman–Crippen MR) is 33.9 cm³/mol. The molecule has 0 bridgehead atoms. The van der Waals surface area contributed by atoms with Crippen molar-refractivity contribution in [3.05, 3.63) is 0 Å². The largest absolute Gasteiger partial charge is 0.464 e. The fourth-order valence-corrected chi connectivity index (χ4v) is 1.07. The summed E-state index contributed by atoms with van der Waals surface area (Å²) >= 11 is 2.94. The first kappa shape index (κ1) is 7.33. The Bertz CT molecular complexity index is 182. The molecule has 0 saturated carbocycles. The highest BCUT2D eigenvalue weighted by Crippen LogP contribution is 2.16. The lowest BCUT2D eigenvalue weighted by molar-refractivity contribution is 0.139. The molecule has 56 valence electrons. The van der Waals surface area contributed by atoms with E-state index in [1.165, 1.54) is 0 Å². The van der Waals surface area contributed by atoms with Gasteiger partial charge in [0.25, 0.3) is 0 Å². The molecule has 0 aromatic heterocycles. The summed E-state index contributed by atoms with van der Waals surface area (Å²) < 4.78 is 4.40. The predicted octanol–water partition coefficient (Wildman–Crippen LogP) is 0.838. The van der Waals surface area contributed by atoms with E-state index in [9.17, 15) is 9.59 Å². The summed E-state index contributed by atoms with van der Waals surface area (Å²) in [7, 11) is 0. The Morgan fingerprint density at radius 1 is 1.90 bits per heavy atom. The molecule has 0 aliphatic carbocycles. The van der Waals surface area contributed by atoms with Crippen LogP contribution in [0.15, 0.2) is 0 Å². The molecule has 10 heavy (non-hydrogen) atoms. The van der Waals surface area contributed by atoms with Crippen LogP contribution >= 0.6 is 15.9 Å². The molecule has 1 unspecified atom stereocenters. The normalized spacial score (nSPS) is 24.7. The molecule has 1 saturated heterocycles. The van der Waals surface area contributed by atoms with E-state index in [2.05, 4.69) is 20.7 Å². The van der Waals surface area contributed by atoms with Crippen LogP contribution in [0.2, 0.25) is 0 Å². The summed E-state index contributed by atoms with van der Waals surface area (Å²) in [5.74, 6) is 0. The van der Waals surface area contributed by atoms with Gasteiger partial charge in [0, 0.05) is 0 Å². The summed E-state index contributed by atoms with van der Waals surface area (Å²) in [4.78, 5) is 20.8. The lowest BCUT2D eigenvalue weighted by atomic mass is 10.6. The van der Waals surface area contributed by atoms with Gasteiger partial charge in [-0.1, -0.05) is 15.9 Å². The molecule has 0 aromatic rings. The van der Waals surface area contributed by atoms with E-state index in [4.69, 9.17) is 5.11 Å². The van der Waals surface area contributed by atoms with Gasteiger partial charge in [0.1, 0.15) is 11.6 Å². The van der Waals surface area contributed by atoms with Crippen molar-refractivity contribution in [2.45, 2.75) is 4.95 Å². The molecule has 1 aliphatic heterocycles. The average molecular weight is 210 g/mol. The van der Waals surface area contributed by atoms with Crippen LogP contribution in [0.1, 0.15) is 0 Å². The summed E-state index contributed by atoms with van der Waals surface area (Å²) in [6.45, 7) is 0.0745. The first-order chi connectivity index (χ1) is 4.63. The lowest BCUT2D eigenvalue weighted by Gasteiger charge is -2.07. The van der Waals surface area contributed by atoms with Gasteiger partial charge in [-0.05, 0) is 0 Å².